The first-order valence-corrected chi connectivity index (χ1v) is 8.92. The molecular formula is C20H19N7O2. The number of nitrogens with zero attached hydrogens (tertiary/aromatic N) is 5. The molecule has 0 atom stereocenters. The maximum absolute atomic E-state index is 11.7. The minimum Gasteiger partial charge on any atom is -0.366 e. The quantitative estimate of drug-likeness (QED) is 0.515. The Labute approximate surface area is 166 Å². The van der Waals surface area contributed by atoms with E-state index in [1.807, 2.05) is 44.4 Å². The van der Waals surface area contributed by atoms with Crippen molar-refractivity contribution in [3.05, 3.63) is 59.7 Å². The van der Waals surface area contributed by atoms with Gasteiger partial charge in [0.25, 0.3) is 5.91 Å². The average molecular weight is 389 g/mol. The standard InChI is InChI=1S/C20H19N7O2/c1-27(2)20-24-18(23-19(25-20)22-11-12-7-4-3-5-8-12)16-13-9-6-10-14(17(21)28)15(13)26-29-16/h3-10H,11H2,1-2H3,(H2,21,28)(H,22,23,24,25). The average Bonchev–Trinajstić information content (AvgIpc) is 3.17. The molecule has 146 valence electrons. The monoisotopic (exact) mass is 389 g/mol. The molecule has 0 spiro atoms. The predicted octanol–water partition coefficient (Wildman–Crippen LogP) is 2.46. The topological polar surface area (TPSA) is 123 Å². The van der Waals surface area contributed by atoms with Crippen LogP contribution in [0, 0.1) is 0 Å². The van der Waals surface area contributed by atoms with Gasteiger partial charge in [-0.05, 0) is 17.7 Å². The van der Waals surface area contributed by atoms with E-state index in [4.69, 9.17) is 10.3 Å². The molecule has 2 aromatic heterocycles. The van der Waals surface area contributed by atoms with Crippen molar-refractivity contribution in [1.82, 2.24) is 20.1 Å². The molecule has 9 nitrogen and oxygen atoms in total. The van der Waals surface area contributed by atoms with Gasteiger partial charge in [-0.1, -0.05) is 41.6 Å². The fourth-order valence-electron chi connectivity index (χ4n) is 2.85. The van der Waals surface area contributed by atoms with Crippen LogP contribution in [0.1, 0.15) is 15.9 Å². The highest BCUT2D eigenvalue weighted by Gasteiger charge is 2.20. The molecule has 1 amide bonds. The van der Waals surface area contributed by atoms with Crippen molar-refractivity contribution in [3.8, 4) is 11.6 Å². The van der Waals surface area contributed by atoms with Crippen LogP contribution in [0.15, 0.2) is 53.1 Å². The van der Waals surface area contributed by atoms with Crippen LogP contribution in [-0.4, -0.2) is 40.1 Å². The SMILES string of the molecule is CN(C)c1nc(NCc2ccccc2)nc(-c2onc3c(C(N)=O)cccc23)n1. The highest BCUT2D eigenvalue weighted by Crippen LogP contribution is 2.29. The number of hydrogen-bond acceptors (Lipinski definition) is 8. The van der Waals surface area contributed by atoms with Gasteiger partial charge in [0.2, 0.25) is 23.5 Å². The molecule has 2 heterocycles. The molecule has 0 bridgehead atoms. The van der Waals surface area contributed by atoms with Crippen LogP contribution >= 0.6 is 0 Å². The largest absolute Gasteiger partial charge is 0.366 e. The van der Waals surface area contributed by atoms with Crippen LogP contribution in [0.5, 0.6) is 0 Å². The fourth-order valence-corrected chi connectivity index (χ4v) is 2.85. The first-order valence-electron chi connectivity index (χ1n) is 8.92. The van der Waals surface area contributed by atoms with Crippen LogP contribution in [0.4, 0.5) is 11.9 Å². The lowest BCUT2D eigenvalue weighted by molar-refractivity contribution is 0.100. The maximum Gasteiger partial charge on any atom is 0.251 e. The Hall–Kier alpha value is -4.01. The lowest BCUT2D eigenvalue weighted by atomic mass is 10.1. The lowest BCUT2D eigenvalue weighted by Gasteiger charge is -2.13. The zero-order chi connectivity index (χ0) is 20.4. The number of anilines is 2. The second-order valence-electron chi connectivity index (χ2n) is 6.59. The van der Waals surface area contributed by atoms with Crippen LogP contribution in [0.2, 0.25) is 0 Å². The third-order valence-corrected chi connectivity index (χ3v) is 4.29. The van der Waals surface area contributed by atoms with Gasteiger partial charge in [-0.3, -0.25) is 4.79 Å². The van der Waals surface area contributed by atoms with Gasteiger partial charge >= 0.3 is 0 Å². The first kappa shape index (κ1) is 18.4. The van der Waals surface area contributed by atoms with E-state index >= 15 is 0 Å². The number of nitrogens with one attached hydrogen (secondary N) is 1. The number of primary amides is 1. The van der Waals surface area contributed by atoms with E-state index < -0.39 is 5.91 Å². The molecule has 0 unspecified atom stereocenters. The Balaban J connectivity index is 1.75. The molecule has 9 heteroatoms. The smallest absolute Gasteiger partial charge is 0.251 e. The van der Waals surface area contributed by atoms with Gasteiger partial charge < -0.3 is 20.5 Å². The molecule has 0 fully saturated rings. The number of benzene rings is 2. The zero-order valence-corrected chi connectivity index (χ0v) is 16.0. The summed E-state index contributed by atoms with van der Waals surface area (Å²) in [6.45, 7) is 0.556. The van der Waals surface area contributed by atoms with Gasteiger partial charge in [-0.2, -0.15) is 15.0 Å². The summed E-state index contributed by atoms with van der Waals surface area (Å²) in [5.41, 5.74) is 7.18. The van der Waals surface area contributed by atoms with Crippen molar-refractivity contribution in [2.45, 2.75) is 6.54 Å². The van der Waals surface area contributed by atoms with Crippen molar-refractivity contribution in [3.63, 3.8) is 0 Å². The number of amides is 1. The number of carbonyl (C=O) groups is 1. The summed E-state index contributed by atoms with van der Waals surface area (Å²) in [5.74, 6) is 0.935. The number of aromatic nitrogens is 4. The van der Waals surface area contributed by atoms with Crippen molar-refractivity contribution in [2.75, 3.05) is 24.3 Å². The van der Waals surface area contributed by atoms with E-state index in [0.29, 0.717) is 40.9 Å². The predicted molar refractivity (Wildman–Crippen MR) is 109 cm³/mol. The third kappa shape index (κ3) is 3.70. The highest BCUT2D eigenvalue weighted by molar-refractivity contribution is 6.07. The van der Waals surface area contributed by atoms with Gasteiger partial charge in [0.1, 0.15) is 5.52 Å². The van der Waals surface area contributed by atoms with Gasteiger partial charge in [-0.15, -0.1) is 0 Å². The van der Waals surface area contributed by atoms with E-state index in [2.05, 4.69) is 25.4 Å². The summed E-state index contributed by atoms with van der Waals surface area (Å²) in [6, 6.07) is 15.0. The molecule has 29 heavy (non-hydrogen) atoms. The van der Waals surface area contributed by atoms with Crippen molar-refractivity contribution >= 4 is 28.7 Å². The number of hydrogen-bond donors (Lipinski definition) is 2. The molecule has 0 radical (unpaired) electrons. The van der Waals surface area contributed by atoms with Crippen LogP contribution < -0.4 is 16.0 Å². The minimum atomic E-state index is -0.578. The number of carbonyl (C=O) groups excluding carboxylic acids is 1. The Kier molecular flexibility index (Phi) is 4.78. The second kappa shape index (κ2) is 7.55. The van der Waals surface area contributed by atoms with Gasteiger partial charge in [0, 0.05) is 20.6 Å². The van der Waals surface area contributed by atoms with Crippen molar-refractivity contribution in [1.29, 1.82) is 0 Å². The second-order valence-corrected chi connectivity index (χ2v) is 6.59. The van der Waals surface area contributed by atoms with Crippen LogP contribution in [-0.2, 0) is 6.54 Å². The minimum absolute atomic E-state index is 0.279. The first-order chi connectivity index (χ1) is 14.0. The highest BCUT2D eigenvalue weighted by atomic mass is 16.5. The summed E-state index contributed by atoms with van der Waals surface area (Å²) in [5, 5.41) is 7.82. The third-order valence-electron chi connectivity index (χ3n) is 4.29. The van der Waals surface area contributed by atoms with Gasteiger partial charge in [0.15, 0.2) is 0 Å². The van der Waals surface area contributed by atoms with Gasteiger partial charge in [-0.25, -0.2) is 0 Å². The molecule has 4 aromatic rings. The summed E-state index contributed by atoms with van der Waals surface area (Å²) in [7, 11) is 3.67. The number of rotatable bonds is 6. The number of nitrogens with two attached hydrogens (primary N) is 1. The fraction of sp³-hybridized carbons (Fsp3) is 0.150. The van der Waals surface area contributed by atoms with E-state index in [9.17, 15) is 4.79 Å². The summed E-state index contributed by atoms with van der Waals surface area (Å²) in [6.07, 6.45) is 0. The molecule has 3 N–H and O–H groups in total. The molecule has 0 aliphatic heterocycles. The molecule has 0 saturated heterocycles. The summed E-state index contributed by atoms with van der Waals surface area (Å²) in [4.78, 5) is 26.8. The van der Waals surface area contributed by atoms with Crippen LogP contribution in [0.3, 0.4) is 0 Å². The maximum atomic E-state index is 11.7. The van der Waals surface area contributed by atoms with Crippen molar-refractivity contribution < 1.29 is 9.32 Å². The normalized spacial score (nSPS) is 10.8. The molecule has 4 rings (SSSR count). The number of fused-ring (bicyclic) bond motifs is 1. The van der Waals surface area contributed by atoms with Gasteiger partial charge in [0.05, 0.1) is 10.9 Å². The van der Waals surface area contributed by atoms with E-state index in [1.165, 1.54) is 0 Å². The van der Waals surface area contributed by atoms with E-state index in [-0.39, 0.29) is 5.56 Å². The Bertz CT molecular complexity index is 1170. The molecule has 0 aliphatic carbocycles. The Morgan fingerprint density at radius 2 is 1.86 bits per heavy atom. The molecule has 0 saturated carbocycles. The van der Waals surface area contributed by atoms with E-state index in [0.717, 1.165) is 5.56 Å². The summed E-state index contributed by atoms with van der Waals surface area (Å²) < 4.78 is 5.49. The Morgan fingerprint density at radius 1 is 1.07 bits per heavy atom. The zero-order valence-electron chi connectivity index (χ0n) is 16.0. The molecule has 0 aliphatic rings. The molecule has 2 aromatic carbocycles. The van der Waals surface area contributed by atoms with Crippen LogP contribution in [0.25, 0.3) is 22.5 Å². The molecular weight excluding hydrogens is 370 g/mol. The summed E-state index contributed by atoms with van der Waals surface area (Å²) >= 11 is 0. The van der Waals surface area contributed by atoms with Crippen molar-refractivity contribution in [2.24, 2.45) is 5.73 Å². The van der Waals surface area contributed by atoms with E-state index in [1.54, 1.807) is 23.1 Å². The Morgan fingerprint density at radius 3 is 2.59 bits per heavy atom. The lowest BCUT2D eigenvalue weighted by Crippen LogP contribution is -2.16.